The van der Waals surface area contributed by atoms with Crippen molar-refractivity contribution in [2.45, 2.75) is 75.2 Å². The Bertz CT molecular complexity index is 408. The predicted molar refractivity (Wildman–Crippen MR) is 96.7 cm³/mol. The molecule has 0 amide bonds. The lowest BCUT2D eigenvalue weighted by molar-refractivity contribution is -0.873. The van der Waals surface area contributed by atoms with E-state index in [4.69, 9.17) is 4.74 Å². The highest BCUT2D eigenvalue weighted by molar-refractivity contribution is 7.86. The van der Waals surface area contributed by atoms with Crippen LogP contribution in [-0.4, -0.2) is 53.2 Å². The first-order valence-corrected chi connectivity index (χ1v) is 11.1. The van der Waals surface area contributed by atoms with Crippen LogP contribution in [0.15, 0.2) is 0 Å². The molecule has 5 heteroatoms. The van der Waals surface area contributed by atoms with Gasteiger partial charge in [0.2, 0.25) is 0 Å². The predicted octanol–water partition coefficient (Wildman–Crippen LogP) is 0.701. The summed E-state index contributed by atoms with van der Waals surface area (Å²) in [5, 5.41) is 0. The fourth-order valence-electron chi connectivity index (χ4n) is 5.26. The van der Waals surface area contributed by atoms with Crippen LogP contribution in [0.2, 0.25) is 0 Å². The average Bonchev–Trinajstić information content (AvgIpc) is 2.84. The van der Waals surface area contributed by atoms with E-state index in [0.29, 0.717) is 11.8 Å². The zero-order chi connectivity index (χ0) is 16.5. The number of likely N-dealkylation sites (N-methyl/N-ethyl adjacent to an activating group) is 1. The van der Waals surface area contributed by atoms with E-state index >= 15 is 0 Å². The number of hydrogen-bond donors (Lipinski definition) is 0. The fraction of sp³-hybridized carbons (Fsp3) is 1.00. The van der Waals surface area contributed by atoms with Gasteiger partial charge in [0.05, 0.1) is 37.7 Å². The fourth-order valence-corrected chi connectivity index (χ4v) is 7.49. The minimum absolute atomic E-state index is 0. The van der Waals surface area contributed by atoms with E-state index in [9.17, 15) is 4.21 Å². The molecule has 2 atom stereocenters. The molecule has 0 unspecified atom stereocenters. The summed E-state index contributed by atoms with van der Waals surface area (Å²) in [4.78, 5) is -0.305. The first-order valence-electron chi connectivity index (χ1n) is 9.78. The van der Waals surface area contributed by atoms with E-state index in [-0.39, 0.29) is 35.0 Å². The summed E-state index contributed by atoms with van der Waals surface area (Å²) in [7, 11) is 5.84. The van der Waals surface area contributed by atoms with Crippen LogP contribution in [0.1, 0.15) is 64.2 Å². The van der Waals surface area contributed by atoms with Crippen LogP contribution in [0.25, 0.3) is 0 Å². The highest BCUT2D eigenvalue weighted by atomic mass is 127. The van der Waals surface area contributed by atoms with E-state index in [1.807, 2.05) is 0 Å². The number of ether oxygens (including phenoxy) is 1. The second-order valence-electron chi connectivity index (χ2n) is 9.12. The maximum atomic E-state index is 13.4. The smallest absolute Gasteiger partial charge is 0.149 e. The van der Waals surface area contributed by atoms with Crippen LogP contribution in [-0.2, 0) is 15.5 Å². The molecule has 0 N–H and O–H groups in total. The topological polar surface area (TPSA) is 26.3 Å². The molecule has 1 aliphatic heterocycles. The van der Waals surface area contributed by atoms with Gasteiger partial charge in [0.15, 0.2) is 0 Å². The van der Waals surface area contributed by atoms with Crippen LogP contribution in [0.5, 0.6) is 0 Å². The van der Waals surface area contributed by atoms with E-state index in [2.05, 4.69) is 21.1 Å². The second kappa shape index (κ2) is 8.66. The monoisotopic (exact) mass is 469 g/mol. The molecule has 1 saturated heterocycles. The molecule has 2 saturated carbocycles. The molecule has 1 heterocycles. The molecule has 2 aliphatic carbocycles. The lowest BCUT2D eigenvalue weighted by Crippen LogP contribution is -3.00. The van der Waals surface area contributed by atoms with Gasteiger partial charge in [0.25, 0.3) is 0 Å². The Balaban J connectivity index is 0.00000208. The van der Waals surface area contributed by atoms with Crippen LogP contribution in [0.4, 0.5) is 0 Å². The average molecular weight is 469 g/mol. The van der Waals surface area contributed by atoms with Crippen LogP contribution in [0, 0.1) is 11.8 Å². The van der Waals surface area contributed by atoms with Gasteiger partial charge in [0, 0.05) is 11.8 Å². The maximum absolute atomic E-state index is 13.4. The van der Waals surface area contributed by atoms with E-state index in [0.717, 1.165) is 16.8 Å². The minimum Gasteiger partial charge on any atom is -1.00 e. The summed E-state index contributed by atoms with van der Waals surface area (Å²) in [6, 6.07) is 0. The molecule has 0 spiro atoms. The van der Waals surface area contributed by atoms with Gasteiger partial charge in [-0.1, -0.05) is 38.5 Å². The van der Waals surface area contributed by atoms with Crippen molar-refractivity contribution in [3.63, 3.8) is 0 Å². The van der Waals surface area contributed by atoms with Crippen molar-refractivity contribution in [3.8, 4) is 0 Å². The van der Waals surface area contributed by atoms with Crippen molar-refractivity contribution in [1.82, 2.24) is 0 Å². The zero-order valence-corrected chi connectivity index (χ0v) is 18.7. The van der Waals surface area contributed by atoms with Crippen molar-refractivity contribution in [2.24, 2.45) is 11.8 Å². The van der Waals surface area contributed by atoms with Crippen LogP contribution >= 0.6 is 0 Å². The van der Waals surface area contributed by atoms with Gasteiger partial charge in [-0.3, -0.25) is 4.21 Å². The van der Waals surface area contributed by atoms with Gasteiger partial charge in [-0.25, -0.2) is 0 Å². The van der Waals surface area contributed by atoms with Gasteiger partial charge in [-0.05, 0) is 25.7 Å². The Morgan fingerprint density at radius 3 is 1.79 bits per heavy atom. The van der Waals surface area contributed by atoms with Crippen molar-refractivity contribution in [2.75, 3.05) is 33.4 Å². The highest BCUT2D eigenvalue weighted by Gasteiger charge is 2.57. The molecule has 3 rings (SSSR count). The summed E-state index contributed by atoms with van der Waals surface area (Å²) in [5.41, 5.74) is 0. The highest BCUT2D eigenvalue weighted by Crippen LogP contribution is 2.50. The van der Waals surface area contributed by atoms with Gasteiger partial charge in [-0.2, -0.15) is 0 Å². The summed E-state index contributed by atoms with van der Waals surface area (Å²) >= 11 is 0. The summed E-state index contributed by atoms with van der Waals surface area (Å²) in [6.45, 7) is 0.979. The third-order valence-electron chi connectivity index (χ3n) is 6.14. The molecule has 0 aromatic heterocycles. The molecule has 142 valence electrons. The lowest BCUT2D eigenvalue weighted by Gasteiger charge is -2.45. The maximum Gasteiger partial charge on any atom is 0.149 e. The van der Waals surface area contributed by atoms with Crippen LogP contribution < -0.4 is 24.0 Å². The summed E-state index contributed by atoms with van der Waals surface area (Å²) in [6.07, 6.45) is 13.0. The van der Waals surface area contributed by atoms with E-state index in [1.165, 1.54) is 64.2 Å². The molecular weight excluding hydrogens is 433 g/mol. The quantitative estimate of drug-likeness (QED) is 0.448. The SMILES string of the molecule is C[N+](C)(C)C[C@@H]1C[S@@](=O)C(C2CCCCC2)(C2CCCCC2)O1.[I-]. The van der Waals surface area contributed by atoms with Crippen molar-refractivity contribution < 1.29 is 37.4 Å². The first kappa shape index (κ1) is 21.1. The largest absolute Gasteiger partial charge is 1.00 e. The molecule has 3 aliphatic rings. The Morgan fingerprint density at radius 1 is 0.917 bits per heavy atom. The van der Waals surface area contributed by atoms with Crippen LogP contribution in [0.3, 0.4) is 0 Å². The Kier molecular flexibility index (Phi) is 7.61. The first-order chi connectivity index (χ1) is 10.9. The van der Waals surface area contributed by atoms with Gasteiger partial charge in [-0.15, -0.1) is 0 Å². The van der Waals surface area contributed by atoms with Crippen molar-refractivity contribution in [3.05, 3.63) is 0 Å². The van der Waals surface area contributed by atoms with E-state index < -0.39 is 10.8 Å². The normalized spacial score (nSPS) is 32.5. The third-order valence-corrected chi connectivity index (χ3v) is 8.29. The van der Waals surface area contributed by atoms with Crippen molar-refractivity contribution >= 4 is 10.8 Å². The molecule has 3 nitrogen and oxygen atoms in total. The Labute approximate surface area is 168 Å². The number of quaternary nitrogens is 1. The molecule has 0 aromatic carbocycles. The van der Waals surface area contributed by atoms with Crippen molar-refractivity contribution in [1.29, 1.82) is 0 Å². The number of halogens is 1. The van der Waals surface area contributed by atoms with E-state index in [1.54, 1.807) is 0 Å². The Hall–Kier alpha value is 0.800. The molecule has 0 aromatic rings. The number of nitrogens with zero attached hydrogens (tertiary/aromatic N) is 1. The Morgan fingerprint density at radius 2 is 1.38 bits per heavy atom. The van der Waals surface area contributed by atoms with Gasteiger partial charge >= 0.3 is 0 Å². The summed E-state index contributed by atoms with van der Waals surface area (Å²) in [5.74, 6) is 1.85. The molecule has 0 bridgehead atoms. The standard InChI is InChI=1S/C19H36NO2S.HI/c1-20(2,3)14-18-15-23(21)19(22-18,16-10-6-4-7-11-16)17-12-8-5-9-13-17;/h16-18H,4-15H2,1-3H3;1H/q+1;/p-1/t18-,23-;/m1./s1. The second-order valence-corrected chi connectivity index (χ2v) is 10.8. The molecular formula is C19H36INO2S. The molecule has 3 fully saturated rings. The molecule has 0 radical (unpaired) electrons. The third kappa shape index (κ3) is 4.55. The minimum atomic E-state index is -0.811. The number of hydrogen-bond acceptors (Lipinski definition) is 2. The zero-order valence-electron chi connectivity index (χ0n) is 15.8. The molecule has 24 heavy (non-hydrogen) atoms. The van der Waals surface area contributed by atoms with Gasteiger partial charge < -0.3 is 33.2 Å². The number of rotatable bonds is 4. The summed E-state index contributed by atoms with van der Waals surface area (Å²) < 4.78 is 21.1. The lowest BCUT2D eigenvalue weighted by atomic mass is 9.74. The van der Waals surface area contributed by atoms with Gasteiger partial charge in [0.1, 0.15) is 17.6 Å².